The fourth-order valence-corrected chi connectivity index (χ4v) is 2.45. The summed E-state index contributed by atoms with van der Waals surface area (Å²) in [5, 5.41) is 6.53. The van der Waals surface area contributed by atoms with Crippen molar-refractivity contribution in [3.8, 4) is 0 Å². The average molecular weight is 276 g/mol. The van der Waals surface area contributed by atoms with Gasteiger partial charge in [-0.05, 0) is 27.2 Å². The maximum Gasteiger partial charge on any atom is 0.136 e. The van der Waals surface area contributed by atoms with Crippen LogP contribution in [-0.2, 0) is 6.42 Å². The van der Waals surface area contributed by atoms with E-state index >= 15 is 0 Å². The summed E-state index contributed by atoms with van der Waals surface area (Å²) in [6.45, 7) is 9.19. The number of anilines is 1. The molecule has 0 amide bonds. The second-order valence-corrected chi connectivity index (χ2v) is 5.72. The zero-order valence-corrected chi connectivity index (χ0v) is 12.8. The van der Waals surface area contributed by atoms with E-state index in [2.05, 4.69) is 39.5 Å². The van der Waals surface area contributed by atoms with Gasteiger partial charge in [-0.25, -0.2) is 15.0 Å². The molecule has 0 bridgehead atoms. The van der Waals surface area contributed by atoms with Crippen molar-refractivity contribution in [2.45, 2.75) is 40.5 Å². The summed E-state index contributed by atoms with van der Waals surface area (Å²) in [4.78, 5) is 13.6. The van der Waals surface area contributed by atoms with Crippen LogP contribution in [0.2, 0.25) is 0 Å². The van der Waals surface area contributed by atoms with Crippen molar-refractivity contribution in [3.05, 3.63) is 33.2 Å². The minimum absolute atomic E-state index is 0.701. The summed E-state index contributed by atoms with van der Waals surface area (Å²) < 4.78 is 0. The molecule has 0 unspecified atom stereocenters. The van der Waals surface area contributed by atoms with Crippen molar-refractivity contribution >= 4 is 17.2 Å². The van der Waals surface area contributed by atoms with Crippen LogP contribution in [0, 0.1) is 20.8 Å². The first-order valence-electron chi connectivity index (χ1n) is 6.59. The summed E-state index contributed by atoms with van der Waals surface area (Å²) in [7, 11) is 0. The van der Waals surface area contributed by atoms with Gasteiger partial charge in [-0.2, -0.15) is 0 Å². The molecule has 4 nitrogen and oxygen atoms in total. The molecule has 2 aromatic heterocycles. The molecule has 0 radical (unpaired) electrons. The van der Waals surface area contributed by atoms with Gasteiger partial charge >= 0.3 is 0 Å². The number of hydrogen-bond donors (Lipinski definition) is 1. The minimum atomic E-state index is 0.701. The molecule has 1 N–H and O–H groups in total. The van der Waals surface area contributed by atoms with Crippen molar-refractivity contribution in [2.75, 3.05) is 11.9 Å². The van der Waals surface area contributed by atoms with E-state index in [1.54, 1.807) is 11.3 Å². The first-order chi connectivity index (χ1) is 9.10. The molecule has 0 aliphatic carbocycles. The molecule has 19 heavy (non-hydrogen) atoms. The lowest BCUT2D eigenvalue weighted by Gasteiger charge is -2.11. The molecule has 2 aromatic rings. The standard InChI is InChI=1S/C14H20N4S/c1-5-6-15-14-9(2)10(3)16-13(18-14)7-12-8-19-11(4)17-12/h8H,5-7H2,1-4H3,(H,15,16,18). The van der Waals surface area contributed by atoms with E-state index in [-0.39, 0.29) is 0 Å². The van der Waals surface area contributed by atoms with Crippen molar-refractivity contribution in [2.24, 2.45) is 0 Å². The lowest BCUT2D eigenvalue weighted by Crippen LogP contribution is -2.09. The highest BCUT2D eigenvalue weighted by molar-refractivity contribution is 7.09. The van der Waals surface area contributed by atoms with Crippen molar-refractivity contribution < 1.29 is 0 Å². The van der Waals surface area contributed by atoms with Gasteiger partial charge in [0.15, 0.2) is 0 Å². The third-order valence-corrected chi connectivity index (χ3v) is 3.81. The Morgan fingerprint density at radius 1 is 1.16 bits per heavy atom. The van der Waals surface area contributed by atoms with Crippen LogP contribution >= 0.6 is 11.3 Å². The van der Waals surface area contributed by atoms with Gasteiger partial charge in [-0.1, -0.05) is 6.92 Å². The molecule has 0 atom stereocenters. The Morgan fingerprint density at radius 3 is 2.58 bits per heavy atom. The molecule has 2 rings (SSSR count). The van der Waals surface area contributed by atoms with Gasteiger partial charge in [-0.3, -0.25) is 0 Å². The van der Waals surface area contributed by atoms with Crippen LogP contribution in [0.15, 0.2) is 5.38 Å². The van der Waals surface area contributed by atoms with Crippen LogP contribution in [-0.4, -0.2) is 21.5 Å². The molecular weight excluding hydrogens is 256 g/mol. The van der Waals surface area contributed by atoms with E-state index in [9.17, 15) is 0 Å². The highest BCUT2D eigenvalue weighted by Crippen LogP contribution is 2.17. The molecule has 102 valence electrons. The van der Waals surface area contributed by atoms with Crippen LogP contribution in [0.3, 0.4) is 0 Å². The molecule has 2 heterocycles. The largest absolute Gasteiger partial charge is 0.370 e. The van der Waals surface area contributed by atoms with E-state index in [4.69, 9.17) is 0 Å². The topological polar surface area (TPSA) is 50.7 Å². The molecule has 0 spiro atoms. The lowest BCUT2D eigenvalue weighted by molar-refractivity contribution is 0.892. The monoisotopic (exact) mass is 276 g/mol. The fraction of sp³-hybridized carbons (Fsp3) is 0.500. The normalized spacial score (nSPS) is 10.7. The number of rotatable bonds is 5. The number of hydrogen-bond acceptors (Lipinski definition) is 5. The molecule has 0 aromatic carbocycles. The Hall–Kier alpha value is -1.49. The zero-order chi connectivity index (χ0) is 13.8. The Bertz CT molecular complexity index is 563. The van der Waals surface area contributed by atoms with E-state index in [0.717, 1.165) is 46.6 Å². The van der Waals surface area contributed by atoms with Gasteiger partial charge in [-0.15, -0.1) is 11.3 Å². The molecule has 0 aliphatic rings. The maximum absolute atomic E-state index is 4.62. The van der Waals surface area contributed by atoms with Crippen LogP contribution in [0.1, 0.15) is 41.1 Å². The summed E-state index contributed by atoms with van der Waals surface area (Å²) in [6.07, 6.45) is 1.79. The fourth-order valence-electron chi connectivity index (χ4n) is 1.83. The third kappa shape index (κ3) is 3.50. The Morgan fingerprint density at radius 2 is 1.95 bits per heavy atom. The van der Waals surface area contributed by atoms with E-state index in [1.165, 1.54) is 0 Å². The SMILES string of the molecule is CCCNc1nc(Cc2csc(C)n2)nc(C)c1C. The Kier molecular flexibility index (Phi) is 4.47. The zero-order valence-electron chi connectivity index (χ0n) is 11.9. The number of aromatic nitrogens is 3. The van der Waals surface area contributed by atoms with Crippen LogP contribution in [0.4, 0.5) is 5.82 Å². The Labute approximate surface area is 118 Å². The minimum Gasteiger partial charge on any atom is -0.370 e. The highest BCUT2D eigenvalue weighted by Gasteiger charge is 2.09. The molecular formula is C14H20N4S. The number of aryl methyl sites for hydroxylation is 2. The highest BCUT2D eigenvalue weighted by atomic mass is 32.1. The first-order valence-corrected chi connectivity index (χ1v) is 7.47. The summed E-state index contributed by atoms with van der Waals surface area (Å²) in [5.74, 6) is 1.79. The van der Waals surface area contributed by atoms with Gasteiger partial charge in [0.05, 0.1) is 17.1 Å². The molecule has 0 saturated heterocycles. The van der Waals surface area contributed by atoms with Gasteiger partial charge in [0.25, 0.3) is 0 Å². The van der Waals surface area contributed by atoms with E-state index in [0.29, 0.717) is 6.42 Å². The second kappa shape index (κ2) is 6.10. The third-order valence-electron chi connectivity index (χ3n) is 2.98. The smallest absolute Gasteiger partial charge is 0.136 e. The second-order valence-electron chi connectivity index (χ2n) is 4.66. The number of nitrogens with one attached hydrogen (secondary N) is 1. The predicted molar refractivity (Wildman–Crippen MR) is 79.9 cm³/mol. The van der Waals surface area contributed by atoms with Gasteiger partial charge in [0.1, 0.15) is 11.6 Å². The summed E-state index contributed by atoms with van der Waals surface area (Å²) >= 11 is 1.67. The van der Waals surface area contributed by atoms with E-state index in [1.807, 2.05) is 13.8 Å². The summed E-state index contributed by atoms with van der Waals surface area (Å²) in [6, 6.07) is 0. The van der Waals surface area contributed by atoms with Crippen molar-refractivity contribution in [1.29, 1.82) is 0 Å². The van der Waals surface area contributed by atoms with Crippen molar-refractivity contribution in [1.82, 2.24) is 15.0 Å². The molecule has 0 aliphatic heterocycles. The Balaban J connectivity index is 2.23. The number of nitrogens with zero attached hydrogens (tertiary/aromatic N) is 3. The van der Waals surface area contributed by atoms with Crippen LogP contribution in [0.25, 0.3) is 0 Å². The van der Waals surface area contributed by atoms with Gasteiger partial charge in [0, 0.05) is 23.2 Å². The van der Waals surface area contributed by atoms with Crippen LogP contribution in [0.5, 0.6) is 0 Å². The first kappa shape index (κ1) is 13.9. The average Bonchev–Trinajstić information content (AvgIpc) is 2.77. The van der Waals surface area contributed by atoms with Crippen molar-refractivity contribution in [3.63, 3.8) is 0 Å². The number of thiazole rings is 1. The van der Waals surface area contributed by atoms with Gasteiger partial charge in [0.2, 0.25) is 0 Å². The lowest BCUT2D eigenvalue weighted by atomic mass is 10.2. The maximum atomic E-state index is 4.62. The molecule has 0 saturated carbocycles. The van der Waals surface area contributed by atoms with E-state index < -0.39 is 0 Å². The van der Waals surface area contributed by atoms with Crippen LogP contribution < -0.4 is 5.32 Å². The summed E-state index contributed by atoms with van der Waals surface area (Å²) in [5.41, 5.74) is 3.22. The molecule has 0 fully saturated rings. The quantitative estimate of drug-likeness (QED) is 0.910. The van der Waals surface area contributed by atoms with Gasteiger partial charge < -0.3 is 5.32 Å². The predicted octanol–water partition coefficient (Wildman–Crippen LogP) is 3.27. The molecule has 5 heteroatoms.